The fourth-order valence-electron chi connectivity index (χ4n) is 3.47. The molecule has 0 atom stereocenters. The molecule has 4 rings (SSSR count). The van der Waals surface area contributed by atoms with E-state index in [9.17, 15) is 14.4 Å². The molecule has 3 N–H and O–H groups in total. The number of anilines is 1. The summed E-state index contributed by atoms with van der Waals surface area (Å²) in [6.07, 6.45) is 3.81. The molecule has 178 valence electrons. The van der Waals surface area contributed by atoms with Crippen LogP contribution in [0.5, 0.6) is 0 Å². The van der Waals surface area contributed by atoms with E-state index in [1.165, 1.54) is 16.7 Å². The van der Waals surface area contributed by atoms with Gasteiger partial charge in [0.05, 0.1) is 29.8 Å². The van der Waals surface area contributed by atoms with Crippen LogP contribution in [0.1, 0.15) is 47.1 Å². The number of primary amides is 1. The zero-order valence-electron chi connectivity index (χ0n) is 18.8. The number of para-hydroxylation sites is 1. The molecule has 0 bridgehead atoms. The van der Waals surface area contributed by atoms with Gasteiger partial charge in [-0.3, -0.25) is 14.4 Å². The van der Waals surface area contributed by atoms with Crippen molar-refractivity contribution in [1.82, 2.24) is 20.1 Å². The molecule has 2 aromatic heterocycles. The topological polar surface area (TPSA) is 136 Å². The first kappa shape index (κ1) is 23.6. The number of rotatable bonds is 11. The molecular formula is C23H26N6O4S. The van der Waals surface area contributed by atoms with Gasteiger partial charge in [-0.15, -0.1) is 10.2 Å². The van der Waals surface area contributed by atoms with E-state index in [4.69, 9.17) is 10.2 Å². The van der Waals surface area contributed by atoms with Gasteiger partial charge in [0.2, 0.25) is 11.8 Å². The van der Waals surface area contributed by atoms with Crippen LogP contribution in [-0.2, 0) is 22.7 Å². The molecule has 0 spiro atoms. The first-order valence-corrected chi connectivity index (χ1v) is 11.9. The lowest BCUT2D eigenvalue weighted by molar-refractivity contribution is -0.118. The summed E-state index contributed by atoms with van der Waals surface area (Å²) in [6, 6.07) is 10.5. The minimum absolute atomic E-state index is 0.0955. The van der Waals surface area contributed by atoms with E-state index in [0.29, 0.717) is 34.6 Å². The summed E-state index contributed by atoms with van der Waals surface area (Å²) >= 11 is 1.25. The molecule has 0 unspecified atom stereocenters. The summed E-state index contributed by atoms with van der Waals surface area (Å²) in [5.41, 5.74) is 6.20. The van der Waals surface area contributed by atoms with Crippen molar-refractivity contribution in [1.29, 1.82) is 0 Å². The van der Waals surface area contributed by atoms with Gasteiger partial charge in [-0.1, -0.05) is 23.9 Å². The third-order valence-corrected chi connectivity index (χ3v) is 6.43. The molecule has 10 nitrogen and oxygen atoms in total. The second-order valence-corrected chi connectivity index (χ2v) is 8.95. The maximum absolute atomic E-state index is 13.0. The highest BCUT2D eigenvalue weighted by molar-refractivity contribution is 7.99. The van der Waals surface area contributed by atoms with Gasteiger partial charge in [0.15, 0.2) is 5.16 Å². The van der Waals surface area contributed by atoms with E-state index in [-0.39, 0.29) is 30.5 Å². The number of hydrogen-bond donors (Lipinski definition) is 2. The number of furan rings is 1. The average Bonchev–Trinajstić information content (AvgIpc) is 3.38. The molecule has 2 heterocycles. The summed E-state index contributed by atoms with van der Waals surface area (Å²) in [4.78, 5) is 38.5. The fraction of sp³-hybridized carbons (Fsp3) is 0.348. The summed E-state index contributed by atoms with van der Waals surface area (Å²) in [6.45, 7) is 0.636. The zero-order chi connectivity index (χ0) is 24.1. The Morgan fingerprint density at radius 1 is 1.21 bits per heavy atom. The Morgan fingerprint density at radius 2 is 2.00 bits per heavy atom. The van der Waals surface area contributed by atoms with Crippen LogP contribution in [0, 0.1) is 0 Å². The Labute approximate surface area is 200 Å². The van der Waals surface area contributed by atoms with E-state index in [2.05, 4.69) is 15.5 Å². The van der Waals surface area contributed by atoms with Gasteiger partial charge in [-0.05, 0) is 37.1 Å². The molecule has 11 heteroatoms. The van der Waals surface area contributed by atoms with Gasteiger partial charge in [0, 0.05) is 25.9 Å². The molecule has 34 heavy (non-hydrogen) atoms. The number of benzene rings is 1. The van der Waals surface area contributed by atoms with Crippen LogP contribution in [0.25, 0.3) is 0 Å². The van der Waals surface area contributed by atoms with E-state index >= 15 is 0 Å². The average molecular weight is 483 g/mol. The molecule has 0 radical (unpaired) electrons. The Hall–Kier alpha value is -3.60. The molecule has 0 aliphatic heterocycles. The van der Waals surface area contributed by atoms with Crippen LogP contribution >= 0.6 is 11.8 Å². The van der Waals surface area contributed by atoms with Crippen molar-refractivity contribution in [3.8, 4) is 0 Å². The lowest BCUT2D eigenvalue weighted by Crippen LogP contribution is -2.31. The number of nitrogens with zero attached hydrogens (tertiary/aromatic N) is 4. The minimum atomic E-state index is -0.399. The van der Waals surface area contributed by atoms with Gasteiger partial charge < -0.3 is 24.9 Å². The standard InChI is InChI=1S/C23H26N6O4S/c1-28(18-7-3-2-6-17(18)22(32)25-13-16-5-4-12-33-16)20(31)14-34-23-27-26-21(15-8-9-15)29(23)11-10-19(24)30/h2-7,12,15H,8-11,13-14H2,1H3,(H2,24,30)(H,25,32). The maximum atomic E-state index is 13.0. The van der Waals surface area contributed by atoms with E-state index < -0.39 is 5.91 Å². The number of aromatic nitrogens is 3. The van der Waals surface area contributed by atoms with Crippen LogP contribution < -0.4 is 16.0 Å². The normalized spacial score (nSPS) is 13.0. The Kier molecular flexibility index (Phi) is 7.31. The lowest BCUT2D eigenvalue weighted by Gasteiger charge is -2.20. The van der Waals surface area contributed by atoms with E-state index in [0.717, 1.165) is 18.7 Å². The van der Waals surface area contributed by atoms with Crippen LogP contribution in [0.15, 0.2) is 52.2 Å². The number of carbonyl (C=O) groups is 3. The smallest absolute Gasteiger partial charge is 0.253 e. The van der Waals surface area contributed by atoms with Crippen LogP contribution in [0.2, 0.25) is 0 Å². The predicted molar refractivity (Wildman–Crippen MR) is 126 cm³/mol. The third-order valence-electron chi connectivity index (χ3n) is 5.48. The van der Waals surface area contributed by atoms with Crippen molar-refractivity contribution in [3.63, 3.8) is 0 Å². The second-order valence-electron chi connectivity index (χ2n) is 8.00. The highest BCUT2D eigenvalue weighted by Crippen LogP contribution is 2.40. The third kappa shape index (κ3) is 5.66. The summed E-state index contributed by atoms with van der Waals surface area (Å²) in [7, 11) is 1.63. The van der Waals surface area contributed by atoms with Crippen LogP contribution in [0.4, 0.5) is 5.69 Å². The molecule has 3 amide bonds. The highest BCUT2D eigenvalue weighted by Gasteiger charge is 2.30. The molecule has 1 aromatic carbocycles. The Balaban J connectivity index is 1.42. The number of thioether (sulfide) groups is 1. The molecule has 1 aliphatic rings. The van der Waals surface area contributed by atoms with Crippen LogP contribution in [0.3, 0.4) is 0 Å². The van der Waals surface area contributed by atoms with Gasteiger partial charge in [-0.2, -0.15) is 0 Å². The van der Waals surface area contributed by atoms with Gasteiger partial charge in [0.25, 0.3) is 5.91 Å². The number of carbonyl (C=O) groups excluding carboxylic acids is 3. The number of amides is 3. The quantitative estimate of drug-likeness (QED) is 0.400. The molecule has 1 fully saturated rings. The van der Waals surface area contributed by atoms with E-state index in [1.54, 1.807) is 49.7 Å². The minimum Gasteiger partial charge on any atom is -0.467 e. The fourth-order valence-corrected chi connectivity index (χ4v) is 4.36. The van der Waals surface area contributed by atoms with Crippen molar-refractivity contribution in [3.05, 3.63) is 59.8 Å². The van der Waals surface area contributed by atoms with Crippen LogP contribution in [-0.4, -0.2) is 45.3 Å². The van der Waals surface area contributed by atoms with Gasteiger partial charge in [-0.25, -0.2) is 0 Å². The van der Waals surface area contributed by atoms with Gasteiger partial charge in [0.1, 0.15) is 11.6 Å². The monoisotopic (exact) mass is 482 g/mol. The van der Waals surface area contributed by atoms with Crippen molar-refractivity contribution >= 4 is 35.2 Å². The first-order chi connectivity index (χ1) is 16.4. The first-order valence-electron chi connectivity index (χ1n) is 10.9. The largest absolute Gasteiger partial charge is 0.467 e. The van der Waals surface area contributed by atoms with Crippen molar-refractivity contribution in [2.24, 2.45) is 5.73 Å². The summed E-state index contributed by atoms with van der Waals surface area (Å²) < 4.78 is 7.13. The van der Waals surface area contributed by atoms with Gasteiger partial charge >= 0.3 is 0 Å². The van der Waals surface area contributed by atoms with Crippen molar-refractivity contribution in [2.75, 3.05) is 17.7 Å². The van der Waals surface area contributed by atoms with Crippen molar-refractivity contribution in [2.45, 2.75) is 43.4 Å². The summed E-state index contributed by atoms with van der Waals surface area (Å²) in [5.74, 6) is 1.01. The van der Waals surface area contributed by atoms with Crippen molar-refractivity contribution < 1.29 is 18.8 Å². The predicted octanol–water partition coefficient (Wildman–Crippen LogP) is 2.31. The Bertz CT molecular complexity index is 1170. The SMILES string of the molecule is CN(C(=O)CSc1nnc(C2CC2)n1CCC(N)=O)c1ccccc1C(=O)NCc1ccco1. The maximum Gasteiger partial charge on any atom is 0.253 e. The molecule has 3 aromatic rings. The highest BCUT2D eigenvalue weighted by atomic mass is 32.2. The number of nitrogens with two attached hydrogens (primary N) is 1. The molecule has 1 saturated carbocycles. The second kappa shape index (κ2) is 10.6. The zero-order valence-corrected chi connectivity index (χ0v) is 19.6. The number of hydrogen-bond acceptors (Lipinski definition) is 7. The number of nitrogens with one attached hydrogen (secondary N) is 1. The lowest BCUT2D eigenvalue weighted by atomic mass is 10.1. The Morgan fingerprint density at radius 3 is 2.71 bits per heavy atom. The molecule has 1 aliphatic carbocycles. The molecule has 0 saturated heterocycles. The summed E-state index contributed by atoms with van der Waals surface area (Å²) in [5, 5.41) is 11.9. The molecular weight excluding hydrogens is 456 g/mol. The van der Waals surface area contributed by atoms with E-state index in [1.807, 2.05) is 4.57 Å².